The molecule has 1 atom stereocenters. The third-order valence-electron chi connectivity index (χ3n) is 3.54. The van der Waals surface area contributed by atoms with Crippen LogP contribution in [0, 0.1) is 5.92 Å². The molecule has 1 fully saturated rings. The Labute approximate surface area is 128 Å². The lowest BCUT2D eigenvalue weighted by Crippen LogP contribution is -2.41. The van der Waals surface area contributed by atoms with Crippen LogP contribution < -0.4 is 5.32 Å². The maximum atomic E-state index is 11.7. The van der Waals surface area contributed by atoms with Crippen molar-refractivity contribution in [2.24, 2.45) is 10.9 Å². The average Bonchev–Trinajstić information content (AvgIpc) is 2.93. The molecule has 0 bridgehead atoms. The number of rotatable bonds is 7. The van der Waals surface area contributed by atoms with Gasteiger partial charge in [0.15, 0.2) is 5.96 Å². The maximum absolute atomic E-state index is 11.7. The van der Waals surface area contributed by atoms with Crippen molar-refractivity contribution in [1.82, 2.24) is 15.1 Å². The van der Waals surface area contributed by atoms with E-state index in [2.05, 4.69) is 22.1 Å². The summed E-state index contributed by atoms with van der Waals surface area (Å²) >= 11 is 0. The predicted molar refractivity (Wildman–Crippen MR) is 85.5 cm³/mol. The predicted octanol–water partition coefficient (Wildman–Crippen LogP) is 0.789. The summed E-state index contributed by atoms with van der Waals surface area (Å²) in [6.45, 7) is 8.72. The highest BCUT2D eigenvalue weighted by atomic mass is 16.5. The summed E-state index contributed by atoms with van der Waals surface area (Å²) in [5, 5.41) is 3.35. The molecular weight excluding hydrogens is 268 g/mol. The van der Waals surface area contributed by atoms with Gasteiger partial charge in [0.25, 0.3) is 0 Å². The number of likely N-dealkylation sites (tertiary alicyclic amines) is 1. The van der Waals surface area contributed by atoms with Crippen molar-refractivity contribution in [2.75, 3.05) is 53.5 Å². The molecule has 1 unspecified atom stereocenters. The van der Waals surface area contributed by atoms with Crippen LogP contribution in [0.5, 0.6) is 0 Å². The van der Waals surface area contributed by atoms with Gasteiger partial charge in [-0.25, -0.2) is 4.99 Å². The van der Waals surface area contributed by atoms with E-state index in [9.17, 15) is 4.79 Å². The van der Waals surface area contributed by atoms with E-state index in [1.54, 1.807) is 19.0 Å². The molecule has 21 heavy (non-hydrogen) atoms. The van der Waals surface area contributed by atoms with E-state index in [1.165, 1.54) is 0 Å². The molecule has 1 rings (SSSR count). The summed E-state index contributed by atoms with van der Waals surface area (Å²) in [6, 6.07) is 0. The number of carbonyl (C=O) groups is 1. The smallest absolute Gasteiger partial charge is 0.243 e. The number of hydrogen-bond acceptors (Lipinski definition) is 3. The van der Waals surface area contributed by atoms with Crippen molar-refractivity contribution < 1.29 is 9.53 Å². The average molecular weight is 298 g/mol. The third kappa shape index (κ3) is 6.33. The first-order valence-corrected chi connectivity index (χ1v) is 7.89. The molecule has 0 radical (unpaired) electrons. The number of hydrogen-bond donors (Lipinski definition) is 1. The monoisotopic (exact) mass is 298 g/mol. The van der Waals surface area contributed by atoms with E-state index in [1.807, 2.05) is 6.92 Å². The molecule has 0 aromatic rings. The first-order chi connectivity index (χ1) is 10.1. The maximum Gasteiger partial charge on any atom is 0.243 e. The Hall–Kier alpha value is -1.30. The number of nitrogens with one attached hydrogen (secondary N) is 1. The van der Waals surface area contributed by atoms with E-state index >= 15 is 0 Å². The molecule has 6 heteroatoms. The number of aliphatic imine (C=N–C) groups is 1. The summed E-state index contributed by atoms with van der Waals surface area (Å²) in [7, 11) is 3.51. The van der Waals surface area contributed by atoms with Gasteiger partial charge in [-0.3, -0.25) is 4.79 Å². The SMILES string of the molecule is CCCNC(=NCC(=O)N(C)C)N1CCC(COCC)C1. The Morgan fingerprint density at radius 1 is 1.43 bits per heavy atom. The number of nitrogens with zero attached hydrogens (tertiary/aromatic N) is 3. The molecule has 1 amide bonds. The van der Waals surface area contributed by atoms with E-state index in [4.69, 9.17) is 4.74 Å². The lowest BCUT2D eigenvalue weighted by atomic mass is 10.1. The van der Waals surface area contributed by atoms with Gasteiger partial charge in [0.2, 0.25) is 5.91 Å². The van der Waals surface area contributed by atoms with Crippen molar-refractivity contribution in [2.45, 2.75) is 26.7 Å². The number of amides is 1. The highest BCUT2D eigenvalue weighted by molar-refractivity contribution is 5.85. The zero-order valence-electron chi connectivity index (χ0n) is 13.9. The first-order valence-electron chi connectivity index (χ1n) is 7.89. The lowest BCUT2D eigenvalue weighted by molar-refractivity contribution is -0.127. The van der Waals surface area contributed by atoms with Gasteiger partial charge >= 0.3 is 0 Å². The topological polar surface area (TPSA) is 57.2 Å². The summed E-state index contributed by atoms with van der Waals surface area (Å²) < 4.78 is 5.51. The van der Waals surface area contributed by atoms with Crippen molar-refractivity contribution >= 4 is 11.9 Å². The second-order valence-electron chi connectivity index (χ2n) is 5.61. The van der Waals surface area contributed by atoms with E-state index in [0.29, 0.717) is 5.92 Å². The van der Waals surface area contributed by atoms with Crippen molar-refractivity contribution in [3.63, 3.8) is 0 Å². The Kier molecular flexibility index (Phi) is 8.12. The Morgan fingerprint density at radius 2 is 2.19 bits per heavy atom. The van der Waals surface area contributed by atoms with Gasteiger partial charge in [-0.2, -0.15) is 0 Å². The fourth-order valence-corrected chi connectivity index (χ4v) is 2.23. The van der Waals surface area contributed by atoms with Gasteiger partial charge in [-0.1, -0.05) is 6.92 Å². The van der Waals surface area contributed by atoms with Gasteiger partial charge < -0.3 is 19.9 Å². The van der Waals surface area contributed by atoms with Gasteiger partial charge in [0.1, 0.15) is 6.54 Å². The van der Waals surface area contributed by atoms with Crippen LogP contribution in [0.1, 0.15) is 26.7 Å². The van der Waals surface area contributed by atoms with Crippen molar-refractivity contribution in [1.29, 1.82) is 0 Å². The van der Waals surface area contributed by atoms with E-state index < -0.39 is 0 Å². The molecule has 0 aromatic carbocycles. The zero-order valence-corrected chi connectivity index (χ0v) is 13.9. The summed E-state index contributed by atoms with van der Waals surface area (Å²) in [5.74, 6) is 1.44. The molecule has 1 heterocycles. The van der Waals surface area contributed by atoms with Crippen LogP contribution >= 0.6 is 0 Å². The highest BCUT2D eigenvalue weighted by Gasteiger charge is 2.25. The zero-order chi connectivity index (χ0) is 15.7. The van der Waals surface area contributed by atoms with Crippen LogP contribution in [0.15, 0.2) is 4.99 Å². The Balaban J connectivity index is 2.57. The molecule has 0 saturated carbocycles. The number of guanidine groups is 1. The largest absolute Gasteiger partial charge is 0.381 e. The fourth-order valence-electron chi connectivity index (χ4n) is 2.23. The number of likely N-dealkylation sites (N-methyl/N-ethyl adjacent to an activating group) is 1. The normalized spacial score (nSPS) is 19.0. The van der Waals surface area contributed by atoms with Gasteiger partial charge in [0, 0.05) is 46.3 Å². The summed E-state index contributed by atoms with van der Waals surface area (Å²) in [6.07, 6.45) is 2.16. The number of carbonyl (C=O) groups excluding carboxylic acids is 1. The molecule has 1 saturated heterocycles. The molecule has 1 aliphatic heterocycles. The first kappa shape index (κ1) is 17.8. The summed E-state index contributed by atoms with van der Waals surface area (Å²) in [5.41, 5.74) is 0. The van der Waals surface area contributed by atoms with Gasteiger partial charge in [-0.05, 0) is 19.8 Å². The molecule has 0 spiro atoms. The molecule has 1 N–H and O–H groups in total. The van der Waals surface area contributed by atoms with Crippen LogP contribution in [-0.2, 0) is 9.53 Å². The lowest BCUT2D eigenvalue weighted by Gasteiger charge is -2.22. The summed E-state index contributed by atoms with van der Waals surface area (Å²) in [4.78, 5) is 20.0. The van der Waals surface area contributed by atoms with Crippen LogP contribution in [0.3, 0.4) is 0 Å². The molecule has 122 valence electrons. The standard InChI is InChI=1S/C15H30N4O2/c1-5-8-16-15(17-10-14(20)18(3)4)19-9-7-13(11-19)12-21-6-2/h13H,5-12H2,1-4H3,(H,16,17). The minimum absolute atomic E-state index is 0.0239. The second kappa shape index (κ2) is 9.60. The minimum atomic E-state index is 0.0239. The van der Waals surface area contributed by atoms with Gasteiger partial charge in [-0.15, -0.1) is 0 Å². The number of ether oxygens (including phenoxy) is 1. The second-order valence-corrected chi connectivity index (χ2v) is 5.61. The van der Waals surface area contributed by atoms with Crippen molar-refractivity contribution in [3.8, 4) is 0 Å². The van der Waals surface area contributed by atoms with Crippen LogP contribution in [0.25, 0.3) is 0 Å². The highest BCUT2D eigenvalue weighted by Crippen LogP contribution is 2.16. The van der Waals surface area contributed by atoms with Crippen LogP contribution in [0.2, 0.25) is 0 Å². The third-order valence-corrected chi connectivity index (χ3v) is 3.54. The Bertz CT molecular complexity index is 345. The molecule has 0 aromatic heterocycles. The Morgan fingerprint density at radius 3 is 2.81 bits per heavy atom. The van der Waals surface area contributed by atoms with Crippen LogP contribution in [0.4, 0.5) is 0 Å². The van der Waals surface area contributed by atoms with Crippen LogP contribution in [-0.4, -0.2) is 75.2 Å². The molecular formula is C15H30N4O2. The quantitative estimate of drug-likeness (QED) is 0.558. The molecule has 6 nitrogen and oxygen atoms in total. The fraction of sp³-hybridized carbons (Fsp3) is 0.867. The van der Waals surface area contributed by atoms with Crippen molar-refractivity contribution in [3.05, 3.63) is 0 Å². The molecule has 1 aliphatic rings. The van der Waals surface area contributed by atoms with E-state index in [-0.39, 0.29) is 12.5 Å². The van der Waals surface area contributed by atoms with Gasteiger partial charge in [0.05, 0.1) is 6.61 Å². The minimum Gasteiger partial charge on any atom is -0.381 e. The molecule has 0 aliphatic carbocycles. The van der Waals surface area contributed by atoms with E-state index in [0.717, 1.165) is 51.6 Å².